The molecule has 0 bridgehead atoms. The van der Waals surface area contributed by atoms with Crippen molar-refractivity contribution in [2.45, 2.75) is 32.9 Å². The topological polar surface area (TPSA) is 46.3 Å². The maximum Gasteiger partial charge on any atom is 0.239 e. The molecule has 0 fully saturated rings. The van der Waals surface area contributed by atoms with Crippen LogP contribution in [0.1, 0.15) is 25.1 Å². The highest BCUT2D eigenvalue weighted by molar-refractivity contribution is 9.11. The fourth-order valence-corrected chi connectivity index (χ4v) is 3.04. The highest BCUT2D eigenvalue weighted by atomic mass is 79.9. The normalized spacial score (nSPS) is 13.6. The SMILES string of the molecule is CCC(C)C(N)C(=O)N(C)Cc1ccc(Br)s1.Cl. The molecule has 3 nitrogen and oxygen atoms in total. The van der Waals surface area contributed by atoms with Crippen molar-refractivity contribution in [2.24, 2.45) is 11.7 Å². The first kappa shape index (κ1) is 17.9. The number of carbonyl (C=O) groups is 1. The molecule has 0 aliphatic carbocycles. The molecule has 0 aromatic carbocycles. The second-order valence-corrected chi connectivity index (χ2v) is 6.86. The zero-order valence-electron chi connectivity index (χ0n) is 10.9. The molecule has 0 aliphatic heterocycles. The Morgan fingerprint density at radius 2 is 2.17 bits per heavy atom. The molecular formula is C12H20BrClN2OS. The van der Waals surface area contributed by atoms with Gasteiger partial charge in [0.15, 0.2) is 0 Å². The van der Waals surface area contributed by atoms with Gasteiger partial charge in [0.25, 0.3) is 0 Å². The minimum Gasteiger partial charge on any atom is -0.339 e. The highest BCUT2D eigenvalue weighted by Crippen LogP contribution is 2.23. The molecular weight excluding hydrogens is 336 g/mol. The Hall–Kier alpha value is -0.100. The van der Waals surface area contributed by atoms with E-state index in [1.54, 1.807) is 23.3 Å². The number of nitrogens with two attached hydrogens (primary N) is 1. The Balaban J connectivity index is 0.00000289. The second-order valence-electron chi connectivity index (χ2n) is 4.31. The summed E-state index contributed by atoms with van der Waals surface area (Å²) in [5.41, 5.74) is 5.93. The summed E-state index contributed by atoms with van der Waals surface area (Å²) in [5, 5.41) is 0. The molecule has 0 spiro atoms. The van der Waals surface area contributed by atoms with Gasteiger partial charge in [-0.25, -0.2) is 0 Å². The largest absolute Gasteiger partial charge is 0.339 e. The fraction of sp³-hybridized carbons (Fsp3) is 0.583. The molecule has 0 saturated heterocycles. The second kappa shape index (κ2) is 8.15. The van der Waals surface area contributed by atoms with E-state index in [4.69, 9.17) is 5.73 Å². The van der Waals surface area contributed by atoms with E-state index in [0.29, 0.717) is 6.54 Å². The van der Waals surface area contributed by atoms with E-state index >= 15 is 0 Å². The van der Waals surface area contributed by atoms with Crippen molar-refractivity contribution in [3.63, 3.8) is 0 Å². The Kier molecular flexibility index (Phi) is 8.10. The quantitative estimate of drug-likeness (QED) is 0.881. The first-order valence-corrected chi connectivity index (χ1v) is 7.31. The summed E-state index contributed by atoms with van der Waals surface area (Å²) in [7, 11) is 1.80. The minimum atomic E-state index is -0.395. The van der Waals surface area contributed by atoms with Crippen LogP contribution < -0.4 is 5.73 Å². The molecule has 0 radical (unpaired) electrons. The monoisotopic (exact) mass is 354 g/mol. The maximum atomic E-state index is 12.0. The van der Waals surface area contributed by atoms with Gasteiger partial charge in [0.2, 0.25) is 5.91 Å². The molecule has 2 atom stereocenters. The van der Waals surface area contributed by atoms with Crippen LogP contribution in [-0.4, -0.2) is 23.9 Å². The number of rotatable bonds is 5. The zero-order valence-corrected chi connectivity index (χ0v) is 14.1. The zero-order chi connectivity index (χ0) is 13.0. The lowest BCUT2D eigenvalue weighted by Crippen LogP contribution is -2.45. The molecule has 1 rings (SSSR count). The minimum absolute atomic E-state index is 0. The molecule has 6 heteroatoms. The number of halogens is 2. The molecule has 2 unspecified atom stereocenters. The van der Waals surface area contributed by atoms with Crippen molar-refractivity contribution in [1.82, 2.24) is 4.90 Å². The summed E-state index contributed by atoms with van der Waals surface area (Å²) in [6.45, 7) is 4.69. The third kappa shape index (κ3) is 4.88. The van der Waals surface area contributed by atoms with Crippen LogP contribution in [0.15, 0.2) is 15.9 Å². The third-order valence-electron chi connectivity index (χ3n) is 2.94. The van der Waals surface area contributed by atoms with Crippen LogP contribution in [0, 0.1) is 5.92 Å². The Bertz CT molecular complexity index is 386. The lowest BCUT2D eigenvalue weighted by molar-refractivity contribution is -0.132. The number of amides is 1. The van der Waals surface area contributed by atoms with Gasteiger partial charge < -0.3 is 10.6 Å². The standard InChI is InChI=1S/C12H19BrN2OS.ClH/c1-4-8(2)11(14)12(16)15(3)7-9-5-6-10(13)17-9;/h5-6,8,11H,4,7,14H2,1-3H3;1H. The number of hydrogen-bond acceptors (Lipinski definition) is 3. The number of likely N-dealkylation sites (N-methyl/N-ethyl adjacent to an activating group) is 1. The van der Waals surface area contributed by atoms with Crippen molar-refractivity contribution in [3.8, 4) is 0 Å². The summed E-state index contributed by atoms with van der Waals surface area (Å²) in [6.07, 6.45) is 0.922. The maximum absolute atomic E-state index is 12.0. The summed E-state index contributed by atoms with van der Waals surface area (Å²) in [4.78, 5) is 14.9. The van der Waals surface area contributed by atoms with E-state index in [1.807, 2.05) is 26.0 Å². The average molecular weight is 356 g/mol. The van der Waals surface area contributed by atoms with E-state index in [1.165, 1.54) is 0 Å². The smallest absolute Gasteiger partial charge is 0.239 e. The molecule has 104 valence electrons. The average Bonchev–Trinajstić information content (AvgIpc) is 2.71. The Morgan fingerprint density at radius 1 is 1.56 bits per heavy atom. The number of hydrogen-bond donors (Lipinski definition) is 1. The van der Waals surface area contributed by atoms with Crippen molar-refractivity contribution >= 4 is 45.6 Å². The van der Waals surface area contributed by atoms with E-state index < -0.39 is 6.04 Å². The molecule has 2 N–H and O–H groups in total. The van der Waals surface area contributed by atoms with Crippen LogP contribution >= 0.6 is 39.7 Å². The van der Waals surface area contributed by atoms with Gasteiger partial charge >= 0.3 is 0 Å². The van der Waals surface area contributed by atoms with Gasteiger partial charge in [0.05, 0.1) is 16.4 Å². The summed E-state index contributed by atoms with van der Waals surface area (Å²) >= 11 is 5.05. The van der Waals surface area contributed by atoms with Crippen molar-refractivity contribution < 1.29 is 4.79 Å². The molecule has 1 heterocycles. The molecule has 0 saturated carbocycles. The van der Waals surface area contributed by atoms with E-state index in [-0.39, 0.29) is 24.2 Å². The highest BCUT2D eigenvalue weighted by Gasteiger charge is 2.22. The van der Waals surface area contributed by atoms with Gasteiger partial charge in [0, 0.05) is 11.9 Å². The Morgan fingerprint density at radius 3 is 2.61 bits per heavy atom. The first-order valence-electron chi connectivity index (χ1n) is 5.70. The van der Waals surface area contributed by atoms with E-state index in [2.05, 4.69) is 15.9 Å². The number of thiophene rings is 1. The van der Waals surface area contributed by atoms with Gasteiger partial charge in [-0.2, -0.15) is 0 Å². The van der Waals surface area contributed by atoms with Crippen LogP contribution in [0.5, 0.6) is 0 Å². The summed E-state index contributed by atoms with van der Waals surface area (Å²) in [6, 6.07) is 3.62. The van der Waals surface area contributed by atoms with Crippen molar-refractivity contribution in [2.75, 3.05) is 7.05 Å². The van der Waals surface area contributed by atoms with Gasteiger partial charge in [0.1, 0.15) is 0 Å². The predicted octanol–water partition coefficient (Wildman–Crippen LogP) is 3.26. The molecule has 18 heavy (non-hydrogen) atoms. The lowest BCUT2D eigenvalue weighted by Gasteiger charge is -2.24. The van der Waals surface area contributed by atoms with Crippen LogP contribution in [0.25, 0.3) is 0 Å². The summed E-state index contributed by atoms with van der Waals surface area (Å²) < 4.78 is 1.08. The lowest BCUT2D eigenvalue weighted by atomic mass is 9.99. The van der Waals surface area contributed by atoms with E-state index in [9.17, 15) is 4.79 Å². The van der Waals surface area contributed by atoms with Crippen molar-refractivity contribution in [3.05, 3.63) is 20.8 Å². The van der Waals surface area contributed by atoms with Crippen LogP contribution in [-0.2, 0) is 11.3 Å². The van der Waals surface area contributed by atoms with Crippen LogP contribution in [0.3, 0.4) is 0 Å². The number of nitrogens with zero attached hydrogens (tertiary/aromatic N) is 1. The molecule has 1 amide bonds. The van der Waals surface area contributed by atoms with Crippen LogP contribution in [0.2, 0.25) is 0 Å². The predicted molar refractivity (Wildman–Crippen MR) is 83.2 cm³/mol. The van der Waals surface area contributed by atoms with Gasteiger partial charge in [-0.05, 0) is 34.0 Å². The molecule has 1 aromatic heterocycles. The molecule has 0 aliphatic rings. The third-order valence-corrected chi connectivity index (χ3v) is 4.55. The van der Waals surface area contributed by atoms with E-state index in [0.717, 1.165) is 15.1 Å². The summed E-state index contributed by atoms with van der Waals surface area (Å²) in [5.74, 6) is 0.240. The molecule has 1 aromatic rings. The van der Waals surface area contributed by atoms with Gasteiger partial charge in [-0.15, -0.1) is 23.7 Å². The Labute approximate surface area is 127 Å². The number of carbonyl (C=O) groups excluding carboxylic acids is 1. The van der Waals surface area contributed by atoms with Crippen LogP contribution in [0.4, 0.5) is 0 Å². The fourth-order valence-electron chi connectivity index (χ4n) is 1.50. The van der Waals surface area contributed by atoms with Gasteiger partial charge in [-0.1, -0.05) is 20.3 Å². The van der Waals surface area contributed by atoms with Crippen molar-refractivity contribution in [1.29, 1.82) is 0 Å². The first-order chi connectivity index (χ1) is 7.95. The van der Waals surface area contributed by atoms with Gasteiger partial charge in [-0.3, -0.25) is 4.79 Å².